The minimum atomic E-state index is 0.798. The van der Waals surface area contributed by atoms with E-state index in [9.17, 15) is 0 Å². The van der Waals surface area contributed by atoms with E-state index in [1.165, 1.54) is 18.4 Å². The van der Waals surface area contributed by atoms with Gasteiger partial charge in [0.25, 0.3) is 0 Å². The first kappa shape index (κ1) is 16.2. The number of unbranched alkanes of at least 4 members (excludes halogenated alkanes) is 3. The van der Waals surface area contributed by atoms with Crippen LogP contribution in [0.4, 0.5) is 0 Å². The second-order valence-electron chi connectivity index (χ2n) is 5.19. The molecular formula is C20H24O2. The molecular weight excluding hydrogens is 272 g/mol. The summed E-state index contributed by atoms with van der Waals surface area (Å²) < 4.78 is 10.8. The van der Waals surface area contributed by atoms with Gasteiger partial charge in [-0.15, -0.1) is 0 Å². The summed E-state index contributed by atoms with van der Waals surface area (Å²) in [5.74, 6) is 1.86. The van der Waals surface area contributed by atoms with E-state index >= 15 is 0 Å². The number of hydrogen-bond donors (Lipinski definition) is 0. The first-order chi connectivity index (χ1) is 10.9. The molecule has 0 saturated heterocycles. The van der Waals surface area contributed by atoms with Gasteiger partial charge in [-0.25, -0.2) is 0 Å². The third kappa shape index (κ3) is 6.04. The molecule has 2 rings (SSSR count). The van der Waals surface area contributed by atoms with Crippen LogP contribution in [0.15, 0.2) is 60.7 Å². The molecule has 0 aromatic heterocycles. The Hall–Kier alpha value is -2.22. The Bertz CT molecular complexity index is 544. The number of hydrogen-bond acceptors (Lipinski definition) is 2. The van der Waals surface area contributed by atoms with Crippen LogP contribution >= 0.6 is 0 Å². The molecule has 0 unspecified atom stereocenters. The summed E-state index contributed by atoms with van der Waals surface area (Å²) >= 11 is 0. The molecule has 2 aromatic rings. The van der Waals surface area contributed by atoms with Crippen LogP contribution in [-0.4, -0.2) is 13.7 Å². The van der Waals surface area contributed by atoms with Gasteiger partial charge in [0.2, 0.25) is 0 Å². The van der Waals surface area contributed by atoms with Gasteiger partial charge < -0.3 is 9.47 Å². The van der Waals surface area contributed by atoms with Crippen molar-refractivity contribution in [2.24, 2.45) is 0 Å². The van der Waals surface area contributed by atoms with E-state index in [1.807, 2.05) is 42.5 Å². The van der Waals surface area contributed by atoms with Crippen LogP contribution in [0.3, 0.4) is 0 Å². The fourth-order valence-corrected chi connectivity index (χ4v) is 2.18. The van der Waals surface area contributed by atoms with Crippen LogP contribution in [0.1, 0.15) is 31.2 Å². The standard InChI is InChI=1S/C20H24O2/c1-21-19-15-13-18(14-16-19)10-6-3-2-4-9-17-22-20-11-7-5-8-12-20/h5-8,10-16H,2-4,9,17H2,1H3/b10-6+. The molecule has 0 spiro atoms. The zero-order valence-electron chi connectivity index (χ0n) is 13.2. The molecule has 2 aromatic carbocycles. The van der Waals surface area contributed by atoms with Gasteiger partial charge in [-0.1, -0.05) is 42.5 Å². The van der Waals surface area contributed by atoms with Gasteiger partial charge in [-0.2, -0.15) is 0 Å². The topological polar surface area (TPSA) is 18.5 Å². The highest BCUT2D eigenvalue weighted by Gasteiger charge is 1.93. The van der Waals surface area contributed by atoms with Crippen molar-refractivity contribution in [2.75, 3.05) is 13.7 Å². The average molecular weight is 296 g/mol. The zero-order chi connectivity index (χ0) is 15.5. The molecule has 0 fully saturated rings. The minimum Gasteiger partial charge on any atom is -0.497 e. The number of benzene rings is 2. The maximum Gasteiger partial charge on any atom is 0.119 e. The van der Waals surface area contributed by atoms with Crippen LogP contribution in [0, 0.1) is 0 Å². The molecule has 0 bridgehead atoms. The lowest BCUT2D eigenvalue weighted by Gasteiger charge is -2.04. The van der Waals surface area contributed by atoms with E-state index in [4.69, 9.17) is 9.47 Å². The lowest BCUT2D eigenvalue weighted by atomic mass is 10.1. The van der Waals surface area contributed by atoms with Gasteiger partial charge >= 0.3 is 0 Å². The molecule has 0 aliphatic rings. The monoisotopic (exact) mass is 296 g/mol. The maximum absolute atomic E-state index is 5.67. The van der Waals surface area contributed by atoms with Gasteiger partial charge in [0.05, 0.1) is 13.7 Å². The van der Waals surface area contributed by atoms with E-state index < -0.39 is 0 Å². The fraction of sp³-hybridized carbons (Fsp3) is 0.300. The molecule has 0 atom stereocenters. The predicted molar refractivity (Wildman–Crippen MR) is 92.4 cm³/mol. The molecule has 2 nitrogen and oxygen atoms in total. The highest BCUT2D eigenvalue weighted by atomic mass is 16.5. The van der Waals surface area contributed by atoms with Crippen molar-refractivity contribution in [3.8, 4) is 11.5 Å². The number of rotatable bonds is 9. The summed E-state index contributed by atoms with van der Waals surface area (Å²) in [5, 5.41) is 0. The SMILES string of the molecule is COc1ccc(/C=C/CCCCCOc2ccccc2)cc1. The van der Waals surface area contributed by atoms with E-state index in [0.29, 0.717) is 0 Å². The summed E-state index contributed by atoms with van der Waals surface area (Å²) in [6, 6.07) is 18.1. The number of methoxy groups -OCH3 is 1. The van der Waals surface area contributed by atoms with Crippen LogP contribution in [0.2, 0.25) is 0 Å². The normalized spacial score (nSPS) is 10.8. The Morgan fingerprint density at radius 2 is 1.59 bits per heavy atom. The summed E-state index contributed by atoms with van der Waals surface area (Å²) in [5.41, 5.74) is 1.22. The molecule has 0 aliphatic heterocycles. The Kier molecular flexibility index (Phi) is 7.10. The van der Waals surface area contributed by atoms with E-state index in [0.717, 1.165) is 30.9 Å². The maximum atomic E-state index is 5.67. The van der Waals surface area contributed by atoms with Crippen molar-refractivity contribution in [1.29, 1.82) is 0 Å². The van der Waals surface area contributed by atoms with Crippen molar-refractivity contribution in [1.82, 2.24) is 0 Å². The molecule has 0 amide bonds. The zero-order valence-corrected chi connectivity index (χ0v) is 13.2. The van der Waals surface area contributed by atoms with E-state index in [-0.39, 0.29) is 0 Å². The van der Waals surface area contributed by atoms with Crippen molar-refractivity contribution in [3.05, 3.63) is 66.2 Å². The third-order valence-corrected chi connectivity index (χ3v) is 3.45. The third-order valence-electron chi connectivity index (χ3n) is 3.45. The summed E-state index contributed by atoms with van der Waals surface area (Å²) in [6.45, 7) is 0.798. The van der Waals surface area contributed by atoms with Gasteiger partial charge in [-0.3, -0.25) is 0 Å². The second-order valence-corrected chi connectivity index (χ2v) is 5.19. The average Bonchev–Trinajstić information content (AvgIpc) is 2.59. The molecule has 22 heavy (non-hydrogen) atoms. The first-order valence-corrected chi connectivity index (χ1v) is 7.87. The van der Waals surface area contributed by atoms with E-state index in [1.54, 1.807) is 7.11 Å². The van der Waals surface area contributed by atoms with Crippen LogP contribution in [0.25, 0.3) is 6.08 Å². The van der Waals surface area contributed by atoms with E-state index in [2.05, 4.69) is 24.3 Å². The number of allylic oxidation sites excluding steroid dienone is 1. The Labute approximate surface area is 133 Å². The number of ether oxygens (including phenoxy) is 2. The Morgan fingerprint density at radius 1 is 0.818 bits per heavy atom. The smallest absolute Gasteiger partial charge is 0.119 e. The highest BCUT2D eigenvalue weighted by Crippen LogP contribution is 2.13. The van der Waals surface area contributed by atoms with Gasteiger partial charge in [0.15, 0.2) is 0 Å². The highest BCUT2D eigenvalue weighted by molar-refractivity contribution is 5.50. The molecule has 116 valence electrons. The van der Waals surface area contributed by atoms with Crippen LogP contribution in [-0.2, 0) is 0 Å². The molecule has 0 saturated carbocycles. The van der Waals surface area contributed by atoms with Gasteiger partial charge in [0, 0.05) is 0 Å². The quantitative estimate of drug-likeness (QED) is 0.581. The Morgan fingerprint density at radius 3 is 2.32 bits per heavy atom. The molecule has 0 radical (unpaired) electrons. The summed E-state index contributed by atoms with van der Waals surface area (Å²) in [7, 11) is 1.69. The van der Waals surface area contributed by atoms with Gasteiger partial charge in [-0.05, 0) is 55.5 Å². The van der Waals surface area contributed by atoms with Crippen molar-refractivity contribution in [2.45, 2.75) is 25.7 Å². The molecule has 0 N–H and O–H groups in total. The largest absolute Gasteiger partial charge is 0.497 e. The predicted octanol–water partition coefficient (Wildman–Crippen LogP) is 5.35. The van der Waals surface area contributed by atoms with Crippen molar-refractivity contribution in [3.63, 3.8) is 0 Å². The second kappa shape index (κ2) is 9.67. The fourth-order valence-electron chi connectivity index (χ4n) is 2.18. The Balaban J connectivity index is 1.54. The molecule has 0 aliphatic carbocycles. The summed E-state index contributed by atoms with van der Waals surface area (Å²) in [4.78, 5) is 0. The van der Waals surface area contributed by atoms with Crippen molar-refractivity contribution >= 4 is 6.08 Å². The molecule has 0 heterocycles. The molecule has 2 heteroatoms. The van der Waals surface area contributed by atoms with Crippen molar-refractivity contribution < 1.29 is 9.47 Å². The lowest BCUT2D eigenvalue weighted by molar-refractivity contribution is 0.305. The van der Waals surface area contributed by atoms with Crippen LogP contribution in [0.5, 0.6) is 11.5 Å². The first-order valence-electron chi connectivity index (χ1n) is 7.87. The minimum absolute atomic E-state index is 0.798. The number of para-hydroxylation sites is 1. The van der Waals surface area contributed by atoms with Gasteiger partial charge in [0.1, 0.15) is 11.5 Å². The lowest BCUT2D eigenvalue weighted by Crippen LogP contribution is -1.96. The summed E-state index contributed by atoms with van der Waals surface area (Å²) in [6.07, 6.45) is 9.01. The van der Waals surface area contributed by atoms with Crippen LogP contribution < -0.4 is 9.47 Å².